The zero-order chi connectivity index (χ0) is 7.44. The largest absolute Gasteiger partial charge is 0.391 e. The van der Waals surface area contributed by atoms with Crippen LogP contribution in [-0.2, 0) is 0 Å². The van der Waals surface area contributed by atoms with E-state index in [4.69, 9.17) is 14.8 Å². The van der Waals surface area contributed by atoms with Crippen molar-refractivity contribution >= 4 is 24.7 Å². The molecule has 0 bridgehead atoms. The lowest BCUT2D eigenvalue weighted by atomic mass is 10.3. The van der Waals surface area contributed by atoms with E-state index in [1.54, 1.807) is 0 Å². The summed E-state index contributed by atoms with van der Waals surface area (Å²) >= 11 is 4.18. The van der Waals surface area contributed by atoms with Gasteiger partial charge in [-0.3, -0.25) is 0 Å². The van der Waals surface area contributed by atoms with Crippen LogP contribution in [0, 0.1) is 0 Å². The van der Waals surface area contributed by atoms with Crippen molar-refractivity contribution in [3.63, 3.8) is 0 Å². The molecule has 56 valence electrons. The fourth-order valence-electron chi connectivity index (χ4n) is 0.301. The zero-order valence-corrected chi connectivity index (χ0v) is 6.64. The van der Waals surface area contributed by atoms with Crippen molar-refractivity contribution in [2.45, 2.75) is 23.7 Å². The van der Waals surface area contributed by atoms with Gasteiger partial charge in [0.05, 0.1) is 6.10 Å². The molecule has 0 radical (unpaired) electrons. The zero-order valence-electron chi connectivity index (χ0n) is 4.93. The monoisotopic (exact) mass is 170 g/mol. The first-order valence-electron chi connectivity index (χ1n) is 2.44. The smallest absolute Gasteiger partial charge is 0.103 e. The topological polar surface area (TPSA) is 60.7 Å². The molecule has 5 heteroatoms. The Hall–Kier alpha value is 0.580. The molecule has 0 spiro atoms. The third kappa shape index (κ3) is 3.32. The van der Waals surface area contributed by atoms with Gasteiger partial charge in [-0.2, -0.15) is 12.6 Å². The molecular weight excluding hydrogens is 160 g/mol. The minimum absolute atomic E-state index is 0.415. The van der Waals surface area contributed by atoms with Gasteiger partial charge in [0.15, 0.2) is 0 Å². The molecule has 9 heavy (non-hydrogen) atoms. The molecule has 3 N–H and O–H groups in total. The van der Waals surface area contributed by atoms with Gasteiger partial charge < -0.3 is 14.8 Å². The minimum atomic E-state index is -0.983. The van der Waals surface area contributed by atoms with E-state index in [1.165, 1.54) is 6.92 Å². The maximum atomic E-state index is 8.89. The van der Waals surface area contributed by atoms with Crippen molar-refractivity contribution in [2.75, 3.05) is 0 Å². The summed E-state index contributed by atoms with van der Waals surface area (Å²) in [4.78, 5) is 0. The summed E-state index contributed by atoms with van der Waals surface area (Å²) in [5.74, 6) is 0. The van der Waals surface area contributed by atoms with Gasteiger partial charge in [-0.1, -0.05) is 0 Å². The van der Waals surface area contributed by atoms with Gasteiger partial charge in [0, 0.05) is 12.0 Å². The summed E-state index contributed by atoms with van der Waals surface area (Å²) in [5, 5.41) is 17.6. The summed E-state index contributed by atoms with van der Waals surface area (Å²) in [6.45, 7) is 1.43. The number of thiol groups is 1. The van der Waals surface area contributed by atoms with E-state index >= 15 is 0 Å². The van der Waals surface area contributed by atoms with Gasteiger partial charge in [-0.15, -0.1) is 0 Å². The first kappa shape index (κ1) is 9.58. The van der Waals surface area contributed by atoms with Gasteiger partial charge in [0.25, 0.3) is 0 Å². The summed E-state index contributed by atoms with van der Waals surface area (Å²) in [6.07, 6.45) is -1.84. The third-order valence-corrected chi connectivity index (χ3v) is 1.98. The number of hydrogen-bond donors (Lipinski definition) is 4. The van der Waals surface area contributed by atoms with Crippen LogP contribution in [0.15, 0.2) is 0 Å². The van der Waals surface area contributed by atoms with Crippen LogP contribution in [-0.4, -0.2) is 31.6 Å². The minimum Gasteiger partial charge on any atom is -0.391 e. The highest BCUT2D eigenvalue weighted by Gasteiger charge is 2.19. The van der Waals surface area contributed by atoms with Crippen LogP contribution in [0.2, 0.25) is 0 Å². The lowest BCUT2D eigenvalue weighted by Gasteiger charge is -2.16. The summed E-state index contributed by atoms with van der Waals surface area (Å²) in [7, 11) is 0. The van der Waals surface area contributed by atoms with E-state index in [0.29, 0.717) is 12.0 Å². The maximum Gasteiger partial charge on any atom is 0.103 e. The fourth-order valence-corrected chi connectivity index (χ4v) is 0.902. The Labute approximate surface area is 63.7 Å². The second-order valence-electron chi connectivity index (χ2n) is 1.73. The van der Waals surface area contributed by atoms with Crippen LogP contribution in [0.5, 0.6) is 0 Å². The van der Waals surface area contributed by atoms with E-state index in [2.05, 4.69) is 12.6 Å². The standard InChI is InChI=1S/C4H10O3S2/c1-2(5)3(6)4(8)9-7/h2-8H,1H3. The molecule has 0 aromatic rings. The normalized spacial score (nSPS) is 21.0. The van der Waals surface area contributed by atoms with Gasteiger partial charge >= 0.3 is 0 Å². The molecule has 0 aromatic carbocycles. The van der Waals surface area contributed by atoms with E-state index in [0.717, 1.165) is 0 Å². The van der Waals surface area contributed by atoms with E-state index in [1.807, 2.05) is 0 Å². The molecule has 0 heterocycles. The molecule has 3 atom stereocenters. The predicted octanol–water partition coefficient (Wildman–Crippen LogP) is 0.190. The third-order valence-electron chi connectivity index (χ3n) is 0.894. The van der Waals surface area contributed by atoms with Crippen molar-refractivity contribution < 1.29 is 14.8 Å². The molecule has 0 amide bonds. The Morgan fingerprint density at radius 3 is 2.00 bits per heavy atom. The Bertz CT molecular complexity index is 78.2. The second-order valence-corrected chi connectivity index (χ2v) is 3.35. The fraction of sp³-hybridized carbons (Fsp3) is 1.00. The number of rotatable bonds is 3. The van der Waals surface area contributed by atoms with Crippen LogP contribution in [0.1, 0.15) is 6.92 Å². The predicted molar refractivity (Wildman–Crippen MR) is 40.7 cm³/mol. The molecule has 0 saturated carbocycles. The van der Waals surface area contributed by atoms with E-state index in [-0.39, 0.29) is 0 Å². The molecule has 0 aliphatic carbocycles. The van der Waals surface area contributed by atoms with Crippen LogP contribution in [0.3, 0.4) is 0 Å². The van der Waals surface area contributed by atoms with Crippen molar-refractivity contribution in [2.24, 2.45) is 0 Å². The van der Waals surface area contributed by atoms with Crippen LogP contribution >= 0.6 is 24.7 Å². The molecule has 0 aliphatic rings. The van der Waals surface area contributed by atoms with Gasteiger partial charge in [0.1, 0.15) is 10.7 Å². The van der Waals surface area contributed by atoms with Crippen LogP contribution < -0.4 is 0 Å². The summed E-state index contributed by atoms with van der Waals surface area (Å²) in [5.41, 5.74) is 0. The van der Waals surface area contributed by atoms with Gasteiger partial charge in [-0.05, 0) is 6.92 Å². The summed E-state index contributed by atoms with van der Waals surface area (Å²) < 4.78 is 7.69. The lowest BCUT2D eigenvalue weighted by Crippen LogP contribution is -2.29. The van der Waals surface area contributed by atoms with Crippen molar-refractivity contribution in [3.8, 4) is 0 Å². The average molecular weight is 170 g/mol. The molecular formula is C4H10O3S2. The Balaban J connectivity index is 3.58. The highest BCUT2D eigenvalue weighted by molar-refractivity contribution is 8.06. The Morgan fingerprint density at radius 1 is 1.44 bits per heavy atom. The summed E-state index contributed by atoms with van der Waals surface area (Å²) in [6, 6.07) is 0. The molecule has 0 fully saturated rings. The van der Waals surface area contributed by atoms with Crippen LogP contribution in [0.25, 0.3) is 0 Å². The first-order chi connectivity index (χ1) is 4.09. The molecule has 0 aliphatic heterocycles. The molecule has 3 nitrogen and oxygen atoms in total. The number of aliphatic hydroxyl groups is 2. The van der Waals surface area contributed by atoms with Crippen LogP contribution in [0.4, 0.5) is 0 Å². The van der Waals surface area contributed by atoms with Gasteiger partial charge in [0.2, 0.25) is 0 Å². The van der Waals surface area contributed by atoms with Gasteiger partial charge in [-0.25, -0.2) is 0 Å². The molecule has 0 aromatic heterocycles. The number of hydrogen-bond acceptors (Lipinski definition) is 5. The molecule has 0 saturated heterocycles. The highest BCUT2D eigenvalue weighted by Crippen LogP contribution is 2.16. The molecule has 0 rings (SSSR count). The second kappa shape index (κ2) is 4.40. The maximum absolute atomic E-state index is 8.89. The Morgan fingerprint density at radius 2 is 1.89 bits per heavy atom. The number of aliphatic hydroxyl groups excluding tert-OH is 2. The van der Waals surface area contributed by atoms with Crippen molar-refractivity contribution in [3.05, 3.63) is 0 Å². The Kier molecular flexibility index (Phi) is 4.69. The first-order valence-corrected chi connectivity index (χ1v) is 3.79. The van der Waals surface area contributed by atoms with E-state index in [9.17, 15) is 0 Å². The van der Waals surface area contributed by atoms with Crippen molar-refractivity contribution in [1.82, 2.24) is 0 Å². The quantitative estimate of drug-likeness (QED) is 0.277. The highest BCUT2D eigenvalue weighted by atomic mass is 32.2. The molecule has 3 unspecified atom stereocenters. The van der Waals surface area contributed by atoms with Crippen molar-refractivity contribution in [1.29, 1.82) is 0 Å². The lowest BCUT2D eigenvalue weighted by molar-refractivity contribution is 0.0419. The average Bonchev–Trinajstić information content (AvgIpc) is 1.84. The SMILES string of the molecule is CC(O)C(O)C(S)SO. The van der Waals surface area contributed by atoms with E-state index < -0.39 is 16.8 Å².